The van der Waals surface area contributed by atoms with E-state index < -0.39 is 0 Å². The van der Waals surface area contributed by atoms with Crippen molar-refractivity contribution in [1.29, 1.82) is 0 Å². The Labute approximate surface area is 144 Å². The molecule has 2 aromatic rings. The molecule has 0 aromatic heterocycles. The summed E-state index contributed by atoms with van der Waals surface area (Å²) in [7, 11) is 1.59. The lowest BCUT2D eigenvalue weighted by atomic mass is 9.87. The van der Waals surface area contributed by atoms with Crippen molar-refractivity contribution < 1.29 is 9.53 Å². The Morgan fingerprint density at radius 1 is 1.30 bits per heavy atom. The number of aryl methyl sites for hydroxylation is 1. The number of carbonyl (C=O) groups is 1. The molecule has 3 rings (SSSR count). The summed E-state index contributed by atoms with van der Waals surface area (Å²) in [6, 6.07) is 11.3. The maximum absolute atomic E-state index is 12.7. The van der Waals surface area contributed by atoms with Gasteiger partial charge in [0.15, 0.2) is 0 Å². The number of fused-ring (bicyclic) bond motifs is 1. The third-order valence-corrected chi connectivity index (χ3v) is 4.90. The van der Waals surface area contributed by atoms with Crippen molar-refractivity contribution in [1.82, 2.24) is 5.32 Å². The third kappa shape index (κ3) is 3.34. The molecule has 0 radical (unpaired) electrons. The summed E-state index contributed by atoms with van der Waals surface area (Å²) in [4.78, 5) is 12.7. The van der Waals surface area contributed by atoms with E-state index in [1.807, 2.05) is 30.3 Å². The first-order valence-electron chi connectivity index (χ1n) is 7.61. The molecule has 0 heterocycles. The fraction of sp³-hybridized carbons (Fsp3) is 0.278. The summed E-state index contributed by atoms with van der Waals surface area (Å²) in [6.45, 7) is 0. The average Bonchev–Trinajstić information content (AvgIpc) is 2.55. The van der Waals surface area contributed by atoms with Crippen LogP contribution in [0.25, 0.3) is 0 Å². The number of benzene rings is 2. The summed E-state index contributed by atoms with van der Waals surface area (Å²) in [6.07, 6.45) is 2.99. The monoisotopic (exact) mass is 374 g/mol. The van der Waals surface area contributed by atoms with Crippen LogP contribution in [0.15, 0.2) is 40.9 Å². The van der Waals surface area contributed by atoms with Gasteiger partial charge in [0.2, 0.25) is 0 Å². The second-order valence-electron chi connectivity index (χ2n) is 5.72. The van der Waals surface area contributed by atoms with Gasteiger partial charge in [-0.2, -0.15) is 0 Å². The molecule has 0 bridgehead atoms. The Kier molecular flexibility index (Phi) is 4.57. The number of hydrogen-bond acceptors (Lipinski definition) is 3. The van der Waals surface area contributed by atoms with E-state index in [0.29, 0.717) is 11.3 Å². The first-order chi connectivity index (χ1) is 11.1. The number of nitrogen functional groups attached to an aromatic ring is 1. The van der Waals surface area contributed by atoms with Gasteiger partial charge in [0.25, 0.3) is 5.91 Å². The topological polar surface area (TPSA) is 64.3 Å². The standard InChI is InChI=1S/C18H19BrN2O2/c1-23-13-6-8-16(19)15(10-13)18(22)21-17-4-2-3-11-9-12(20)5-7-14(11)17/h5-10,17H,2-4,20H2,1H3,(H,21,22). The van der Waals surface area contributed by atoms with Crippen LogP contribution in [0.3, 0.4) is 0 Å². The van der Waals surface area contributed by atoms with E-state index >= 15 is 0 Å². The van der Waals surface area contributed by atoms with Gasteiger partial charge in [-0.3, -0.25) is 4.79 Å². The number of anilines is 1. The van der Waals surface area contributed by atoms with Crippen LogP contribution >= 0.6 is 15.9 Å². The molecule has 0 spiro atoms. The van der Waals surface area contributed by atoms with Crippen LogP contribution in [0, 0.1) is 0 Å². The molecule has 23 heavy (non-hydrogen) atoms. The van der Waals surface area contributed by atoms with Crippen molar-refractivity contribution in [2.24, 2.45) is 0 Å². The van der Waals surface area contributed by atoms with Gasteiger partial charge in [-0.05, 0) is 76.7 Å². The van der Waals surface area contributed by atoms with Gasteiger partial charge in [0, 0.05) is 10.2 Å². The van der Waals surface area contributed by atoms with E-state index in [9.17, 15) is 4.79 Å². The Bertz CT molecular complexity index is 746. The van der Waals surface area contributed by atoms with E-state index in [1.165, 1.54) is 5.56 Å². The number of halogens is 1. The van der Waals surface area contributed by atoms with Crippen LogP contribution in [0.4, 0.5) is 5.69 Å². The summed E-state index contributed by atoms with van der Waals surface area (Å²) in [5, 5.41) is 3.14. The molecule has 1 amide bonds. The molecule has 120 valence electrons. The molecule has 0 aliphatic heterocycles. The highest BCUT2D eigenvalue weighted by Crippen LogP contribution is 2.32. The average molecular weight is 375 g/mol. The lowest BCUT2D eigenvalue weighted by Crippen LogP contribution is -2.31. The van der Waals surface area contributed by atoms with Crippen molar-refractivity contribution >= 4 is 27.5 Å². The Balaban J connectivity index is 1.85. The van der Waals surface area contributed by atoms with E-state index in [0.717, 1.165) is 35.0 Å². The molecule has 0 saturated heterocycles. The zero-order chi connectivity index (χ0) is 16.4. The first-order valence-corrected chi connectivity index (χ1v) is 8.40. The molecular weight excluding hydrogens is 356 g/mol. The fourth-order valence-electron chi connectivity index (χ4n) is 3.03. The fourth-order valence-corrected chi connectivity index (χ4v) is 3.45. The molecule has 3 N–H and O–H groups in total. The van der Waals surface area contributed by atoms with Crippen LogP contribution in [-0.2, 0) is 6.42 Å². The number of methoxy groups -OCH3 is 1. The van der Waals surface area contributed by atoms with Gasteiger partial charge >= 0.3 is 0 Å². The van der Waals surface area contributed by atoms with Gasteiger partial charge in [0.05, 0.1) is 18.7 Å². The minimum absolute atomic E-state index is 0.0185. The summed E-state index contributed by atoms with van der Waals surface area (Å²) >= 11 is 3.43. The van der Waals surface area contributed by atoms with Crippen molar-refractivity contribution in [2.75, 3.05) is 12.8 Å². The zero-order valence-corrected chi connectivity index (χ0v) is 14.5. The summed E-state index contributed by atoms with van der Waals surface area (Å²) in [5.74, 6) is 0.556. The maximum atomic E-state index is 12.7. The van der Waals surface area contributed by atoms with E-state index in [-0.39, 0.29) is 11.9 Å². The predicted octanol–water partition coefficient (Wildman–Crippen LogP) is 3.85. The lowest BCUT2D eigenvalue weighted by Gasteiger charge is -2.27. The Hall–Kier alpha value is -2.01. The van der Waals surface area contributed by atoms with Crippen molar-refractivity contribution in [3.05, 3.63) is 57.6 Å². The molecular formula is C18H19BrN2O2. The summed E-state index contributed by atoms with van der Waals surface area (Å²) in [5.41, 5.74) is 9.60. The number of carbonyl (C=O) groups excluding carboxylic acids is 1. The van der Waals surface area contributed by atoms with E-state index in [1.54, 1.807) is 13.2 Å². The minimum atomic E-state index is -0.106. The number of nitrogens with one attached hydrogen (secondary N) is 1. The maximum Gasteiger partial charge on any atom is 0.253 e. The number of nitrogens with two attached hydrogens (primary N) is 1. The molecule has 2 aromatic carbocycles. The van der Waals surface area contributed by atoms with Crippen LogP contribution in [0.1, 0.15) is 40.4 Å². The highest BCUT2D eigenvalue weighted by Gasteiger charge is 2.23. The van der Waals surface area contributed by atoms with Crippen molar-refractivity contribution in [2.45, 2.75) is 25.3 Å². The third-order valence-electron chi connectivity index (χ3n) is 4.20. The van der Waals surface area contributed by atoms with E-state index in [4.69, 9.17) is 10.5 Å². The van der Waals surface area contributed by atoms with Crippen LogP contribution in [-0.4, -0.2) is 13.0 Å². The second kappa shape index (κ2) is 6.62. The molecule has 1 aliphatic carbocycles. The molecule has 0 saturated carbocycles. The largest absolute Gasteiger partial charge is 0.497 e. The highest BCUT2D eigenvalue weighted by atomic mass is 79.9. The first kappa shape index (κ1) is 15.9. The predicted molar refractivity (Wildman–Crippen MR) is 94.7 cm³/mol. The van der Waals surface area contributed by atoms with Crippen molar-refractivity contribution in [3.8, 4) is 5.75 Å². The van der Waals surface area contributed by atoms with Gasteiger partial charge in [-0.15, -0.1) is 0 Å². The Morgan fingerprint density at radius 2 is 2.13 bits per heavy atom. The second-order valence-corrected chi connectivity index (χ2v) is 6.58. The number of ether oxygens (including phenoxy) is 1. The molecule has 5 heteroatoms. The van der Waals surface area contributed by atoms with Crippen LogP contribution in [0.2, 0.25) is 0 Å². The van der Waals surface area contributed by atoms with Crippen LogP contribution < -0.4 is 15.8 Å². The van der Waals surface area contributed by atoms with Crippen molar-refractivity contribution in [3.63, 3.8) is 0 Å². The number of rotatable bonds is 3. The van der Waals surface area contributed by atoms with Gasteiger partial charge in [0.1, 0.15) is 5.75 Å². The molecule has 1 unspecified atom stereocenters. The van der Waals surface area contributed by atoms with Gasteiger partial charge in [-0.1, -0.05) is 6.07 Å². The van der Waals surface area contributed by atoms with Gasteiger partial charge < -0.3 is 15.8 Å². The zero-order valence-electron chi connectivity index (χ0n) is 12.9. The number of hydrogen-bond donors (Lipinski definition) is 2. The van der Waals surface area contributed by atoms with E-state index in [2.05, 4.69) is 21.2 Å². The summed E-state index contributed by atoms with van der Waals surface area (Å²) < 4.78 is 5.96. The molecule has 4 nitrogen and oxygen atoms in total. The smallest absolute Gasteiger partial charge is 0.253 e. The van der Waals surface area contributed by atoms with Gasteiger partial charge in [-0.25, -0.2) is 0 Å². The lowest BCUT2D eigenvalue weighted by molar-refractivity contribution is 0.0931. The Morgan fingerprint density at radius 3 is 2.91 bits per heavy atom. The van der Waals surface area contributed by atoms with Crippen LogP contribution in [0.5, 0.6) is 5.75 Å². The SMILES string of the molecule is COc1ccc(Br)c(C(=O)NC2CCCc3cc(N)ccc32)c1. The molecule has 1 atom stereocenters. The minimum Gasteiger partial charge on any atom is -0.497 e. The normalized spacial score (nSPS) is 16.5. The molecule has 1 aliphatic rings. The number of amides is 1. The quantitative estimate of drug-likeness (QED) is 0.801. The molecule has 0 fully saturated rings. The highest BCUT2D eigenvalue weighted by molar-refractivity contribution is 9.10.